The van der Waals surface area contributed by atoms with E-state index in [9.17, 15) is 9.59 Å². The van der Waals surface area contributed by atoms with Gasteiger partial charge in [-0.1, -0.05) is 49.2 Å². The summed E-state index contributed by atoms with van der Waals surface area (Å²) in [5, 5.41) is 0.660. The van der Waals surface area contributed by atoms with E-state index >= 15 is 0 Å². The lowest BCUT2D eigenvalue weighted by molar-refractivity contribution is -0.150. The minimum atomic E-state index is -0.619. The molecule has 0 bridgehead atoms. The average Bonchev–Trinajstić information content (AvgIpc) is 2.81. The van der Waals surface area contributed by atoms with Crippen LogP contribution in [0.3, 0.4) is 0 Å². The molecule has 10 heteroatoms. The minimum absolute atomic E-state index is 0.0232. The van der Waals surface area contributed by atoms with Crippen LogP contribution in [-0.4, -0.2) is 57.0 Å². The number of ether oxygens (including phenoxy) is 5. The van der Waals surface area contributed by atoms with Gasteiger partial charge in [0.1, 0.15) is 25.1 Å². The minimum Gasteiger partial charge on any atom is -0.490 e. The van der Waals surface area contributed by atoms with Crippen LogP contribution < -0.4 is 9.47 Å². The summed E-state index contributed by atoms with van der Waals surface area (Å²) < 4.78 is 26.8. The molecule has 0 saturated heterocycles. The topological polar surface area (TPSA) is 80.3 Å². The van der Waals surface area contributed by atoms with Crippen molar-refractivity contribution in [2.75, 3.05) is 32.8 Å². The van der Waals surface area contributed by atoms with Crippen molar-refractivity contribution in [3.63, 3.8) is 0 Å². The van der Waals surface area contributed by atoms with Crippen LogP contribution in [0.25, 0.3) is 0 Å². The number of hydrogen-bond donors (Lipinski definition) is 0. The number of methoxy groups -OCH3 is 1. The smallest absolute Gasteiger partial charge is 0.303 e. The number of rotatable bonds is 13. The lowest BCUT2D eigenvalue weighted by atomic mass is 9.78. The van der Waals surface area contributed by atoms with E-state index in [1.165, 1.54) is 21.0 Å². The summed E-state index contributed by atoms with van der Waals surface area (Å²) in [6, 6.07) is 11.2. The summed E-state index contributed by atoms with van der Waals surface area (Å²) in [7, 11) is 1.53. The molecular weight excluding hydrogens is 531 g/mol. The van der Waals surface area contributed by atoms with Crippen molar-refractivity contribution < 1.29 is 33.3 Å². The Kier molecular flexibility index (Phi) is 11.6. The molecule has 0 aromatic heterocycles. The normalized spacial score (nSPS) is 13.0. The van der Waals surface area contributed by atoms with Gasteiger partial charge in [0.2, 0.25) is 0 Å². The highest BCUT2D eigenvalue weighted by Gasteiger charge is 2.26. The second-order valence-corrected chi connectivity index (χ2v) is 9.74. The molecule has 0 spiro atoms. The molecule has 0 fully saturated rings. The molecule has 0 saturated carbocycles. The van der Waals surface area contributed by atoms with E-state index in [-0.39, 0.29) is 25.7 Å². The van der Waals surface area contributed by atoms with Gasteiger partial charge >= 0.3 is 11.9 Å². The van der Waals surface area contributed by atoms with Crippen LogP contribution >= 0.6 is 34.8 Å². The van der Waals surface area contributed by atoms with Crippen molar-refractivity contribution in [3.8, 4) is 11.5 Å². The molecule has 0 amide bonds. The Morgan fingerprint density at radius 1 is 0.833 bits per heavy atom. The number of hydrogen-bond acceptors (Lipinski definition) is 7. The van der Waals surface area contributed by atoms with Crippen molar-refractivity contribution >= 4 is 46.7 Å². The zero-order chi connectivity index (χ0) is 26.9. The molecular formula is C26H31Cl3O7. The molecule has 2 rings (SSSR count). The summed E-state index contributed by atoms with van der Waals surface area (Å²) in [5.74, 6) is 0.159. The van der Waals surface area contributed by atoms with Gasteiger partial charge in [-0.3, -0.25) is 9.59 Å². The number of carbonyl (C=O) groups excluding carboxylic acids is 2. The number of halogens is 3. The second-order valence-electron chi connectivity index (χ2n) is 8.61. The van der Waals surface area contributed by atoms with E-state index in [1.54, 1.807) is 12.1 Å². The lowest BCUT2D eigenvalue weighted by Crippen LogP contribution is -2.28. The molecule has 36 heavy (non-hydrogen) atoms. The highest BCUT2D eigenvalue weighted by atomic mass is 35.5. The third kappa shape index (κ3) is 8.73. The van der Waals surface area contributed by atoms with Gasteiger partial charge in [0, 0.05) is 26.4 Å². The predicted molar refractivity (Wildman–Crippen MR) is 140 cm³/mol. The van der Waals surface area contributed by atoms with E-state index in [2.05, 4.69) is 0 Å². The molecule has 198 valence electrons. The zero-order valence-electron chi connectivity index (χ0n) is 20.9. The van der Waals surface area contributed by atoms with Crippen LogP contribution in [0.5, 0.6) is 11.5 Å². The maximum absolute atomic E-state index is 11.2. The summed E-state index contributed by atoms with van der Waals surface area (Å²) >= 11 is 18.8. The number of carbonyl (C=O) groups is 2. The molecule has 0 aliphatic heterocycles. The van der Waals surface area contributed by atoms with Gasteiger partial charge < -0.3 is 23.7 Å². The lowest BCUT2D eigenvalue weighted by Gasteiger charge is -2.27. The van der Waals surface area contributed by atoms with Crippen LogP contribution in [0.15, 0.2) is 36.4 Å². The van der Waals surface area contributed by atoms with Crippen molar-refractivity contribution in [2.24, 2.45) is 0 Å². The molecule has 2 aromatic rings. The van der Waals surface area contributed by atoms with Crippen molar-refractivity contribution in [1.82, 2.24) is 0 Å². The summed E-state index contributed by atoms with van der Waals surface area (Å²) in [4.78, 5) is 22.4. The summed E-state index contributed by atoms with van der Waals surface area (Å²) in [5.41, 5.74) is 1.43. The first-order valence-corrected chi connectivity index (χ1v) is 12.5. The Hall–Kier alpha value is -2.19. The molecule has 2 atom stereocenters. The molecule has 0 N–H and O–H groups in total. The highest BCUT2D eigenvalue weighted by molar-refractivity contribution is 6.37. The third-order valence-electron chi connectivity index (χ3n) is 5.34. The molecule has 7 nitrogen and oxygen atoms in total. The van der Waals surface area contributed by atoms with Crippen molar-refractivity contribution in [3.05, 3.63) is 57.6 Å². The van der Waals surface area contributed by atoms with Gasteiger partial charge in [-0.05, 0) is 35.4 Å². The Morgan fingerprint density at radius 2 is 1.36 bits per heavy atom. The third-order valence-corrected chi connectivity index (χ3v) is 6.24. The first-order chi connectivity index (χ1) is 17.0. The fourth-order valence-electron chi connectivity index (χ4n) is 3.44. The van der Waals surface area contributed by atoms with Gasteiger partial charge in [0.15, 0.2) is 11.9 Å². The van der Waals surface area contributed by atoms with Crippen molar-refractivity contribution in [2.45, 2.75) is 45.3 Å². The van der Waals surface area contributed by atoms with Crippen LogP contribution in [0, 0.1) is 0 Å². The van der Waals surface area contributed by atoms with Gasteiger partial charge in [-0.2, -0.15) is 0 Å². The summed E-state index contributed by atoms with van der Waals surface area (Å²) in [6.45, 7) is 7.17. The molecule has 0 unspecified atom stereocenters. The largest absolute Gasteiger partial charge is 0.490 e. The molecule has 0 aliphatic carbocycles. The Labute approximate surface area is 226 Å². The first-order valence-electron chi connectivity index (χ1n) is 11.2. The van der Waals surface area contributed by atoms with E-state index in [1.807, 2.05) is 38.1 Å². The fourth-order valence-corrected chi connectivity index (χ4v) is 4.19. The number of alkyl halides is 1. The average molecular weight is 562 g/mol. The second kappa shape index (κ2) is 13.9. The molecule has 0 heterocycles. The number of esters is 2. The highest BCUT2D eigenvalue weighted by Crippen LogP contribution is 2.40. The summed E-state index contributed by atoms with van der Waals surface area (Å²) in [6.07, 6.45) is -1.12. The standard InChI is InChI=1S/C26H31Cl3O7/c1-16(30)35-21(12-27)14-34-25-23(28)10-19(11-24(25)29)26(3,4)18-6-8-20(9-7-18)33-15-22(13-32-5)36-17(2)31/h6-11,21-22H,12-15H2,1-5H3/t21-,22+/m1/s1. The van der Waals surface area contributed by atoms with Gasteiger partial charge in [-0.15, -0.1) is 11.6 Å². The Bertz CT molecular complexity index is 1000. The Morgan fingerprint density at radius 3 is 1.86 bits per heavy atom. The van der Waals surface area contributed by atoms with Crippen LogP contribution in [-0.2, 0) is 29.2 Å². The van der Waals surface area contributed by atoms with E-state index in [0.29, 0.717) is 21.5 Å². The van der Waals surface area contributed by atoms with E-state index in [0.717, 1.165) is 11.1 Å². The number of benzene rings is 2. The van der Waals surface area contributed by atoms with Gasteiger partial charge in [0.05, 0.1) is 22.5 Å². The fraction of sp³-hybridized carbons (Fsp3) is 0.462. The molecule has 2 aromatic carbocycles. The van der Waals surface area contributed by atoms with E-state index in [4.69, 9.17) is 58.5 Å². The van der Waals surface area contributed by atoms with Crippen LogP contribution in [0.2, 0.25) is 10.0 Å². The van der Waals surface area contributed by atoms with Crippen molar-refractivity contribution in [1.29, 1.82) is 0 Å². The predicted octanol–water partition coefficient (Wildman–Crippen LogP) is 5.83. The quantitative estimate of drug-likeness (QED) is 0.225. The maximum Gasteiger partial charge on any atom is 0.303 e. The van der Waals surface area contributed by atoms with E-state index < -0.39 is 29.6 Å². The Balaban J connectivity index is 2.13. The maximum atomic E-state index is 11.2. The first kappa shape index (κ1) is 30.0. The molecule has 0 radical (unpaired) electrons. The zero-order valence-corrected chi connectivity index (χ0v) is 23.2. The van der Waals surface area contributed by atoms with Crippen LogP contribution in [0.4, 0.5) is 0 Å². The van der Waals surface area contributed by atoms with Gasteiger partial charge in [0.25, 0.3) is 0 Å². The van der Waals surface area contributed by atoms with Gasteiger partial charge in [-0.25, -0.2) is 0 Å². The monoisotopic (exact) mass is 560 g/mol. The molecule has 0 aliphatic rings. The van der Waals surface area contributed by atoms with Crippen LogP contribution in [0.1, 0.15) is 38.8 Å². The SMILES string of the molecule is COC[C@@H](COc1ccc(C(C)(C)c2cc(Cl)c(OC[C@@H](CCl)OC(C)=O)c(Cl)c2)cc1)OC(C)=O.